The van der Waals surface area contributed by atoms with E-state index in [9.17, 15) is 0 Å². The van der Waals surface area contributed by atoms with Crippen LogP contribution in [0.5, 0.6) is 0 Å². The molecule has 0 bridgehead atoms. The van der Waals surface area contributed by atoms with Gasteiger partial charge in [0.05, 0.1) is 32.2 Å². The van der Waals surface area contributed by atoms with Crippen LogP contribution in [0.4, 0.5) is 5.69 Å². The third-order valence-corrected chi connectivity index (χ3v) is 4.66. The SMILES string of the molecule is CCCCCCCCNc1ccc(C(=S)NCC[NH+](C)C)c(Cl)c1. The number of halogens is 1. The fraction of sp³-hybridized carbons (Fsp3) is 0.632. The highest BCUT2D eigenvalue weighted by Gasteiger charge is 2.07. The zero-order valence-corrected chi connectivity index (χ0v) is 17.0. The van der Waals surface area contributed by atoms with Crippen LogP contribution in [-0.4, -0.2) is 38.7 Å². The lowest BCUT2D eigenvalue weighted by Crippen LogP contribution is -3.06. The van der Waals surface area contributed by atoms with Gasteiger partial charge in [-0.1, -0.05) is 62.8 Å². The quantitative estimate of drug-likeness (QED) is 0.388. The molecule has 24 heavy (non-hydrogen) atoms. The number of anilines is 1. The fourth-order valence-electron chi connectivity index (χ4n) is 2.47. The second-order valence-electron chi connectivity index (χ2n) is 6.60. The van der Waals surface area contributed by atoms with E-state index in [0.29, 0.717) is 5.02 Å². The largest absolute Gasteiger partial charge is 0.385 e. The minimum absolute atomic E-state index is 0.706. The van der Waals surface area contributed by atoms with Gasteiger partial charge in [0.1, 0.15) is 4.99 Å². The standard InChI is InChI=1S/C19H32ClN3S/c1-4-5-6-7-8-9-12-21-16-10-11-17(18(20)15-16)19(24)22-13-14-23(2)3/h10-11,15,21H,4-9,12-14H2,1-3H3,(H,22,24)/p+1. The Morgan fingerprint density at radius 3 is 2.46 bits per heavy atom. The van der Waals surface area contributed by atoms with Crippen molar-refractivity contribution in [2.45, 2.75) is 45.4 Å². The molecular weight excluding hydrogens is 338 g/mol. The molecular formula is C19H33ClN3S+. The first-order chi connectivity index (χ1) is 11.5. The molecule has 3 nitrogen and oxygen atoms in total. The number of quaternary nitrogens is 1. The van der Waals surface area contributed by atoms with Crippen LogP contribution in [0.15, 0.2) is 18.2 Å². The molecule has 5 heteroatoms. The molecule has 0 atom stereocenters. The first-order valence-electron chi connectivity index (χ1n) is 9.15. The van der Waals surface area contributed by atoms with Crippen molar-refractivity contribution in [2.75, 3.05) is 39.0 Å². The molecule has 0 aliphatic rings. The van der Waals surface area contributed by atoms with Gasteiger partial charge >= 0.3 is 0 Å². The van der Waals surface area contributed by atoms with Gasteiger partial charge in [-0.15, -0.1) is 0 Å². The Balaban J connectivity index is 2.34. The van der Waals surface area contributed by atoms with Crippen LogP contribution >= 0.6 is 23.8 Å². The highest BCUT2D eigenvalue weighted by Crippen LogP contribution is 2.21. The first-order valence-corrected chi connectivity index (χ1v) is 9.94. The van der Waals surface area contributed by atoms with Crippen molar-refractivity contribution in [3.05, 3.63) is 28.8 Å². The predicted octanol–water partition coefficient (Wildman–Crippen LogP) is 3.52. The summed E-state index contributed by atoms with van der Waals surface area (Å²) in [7, 11) is 4.25. The van der Waals surface area contributed by atoms with Gasteiger partial charge in [0.15, 0.2) is 0 Å². The zero-order chi connectivity index (χ0) is 17.8. The molecule has 0 radical (unpaired) electrons. The Morgan fingerprint density at radius 2 is 1.79 bits per heavy atom. The normalized spacial score (nSPS) is 10.9. The van der Waals surface area contributed by atoms with Crippen LogP contribution in [0, 0.1) is 0 Å². The molecule has 0 saturated heterocycles. The van der Waals surface area contributed by atoms with Crippen molar-refractivity contribution in [3.8, 4) is 0 Å². The number of rotatable bonds is 12. The number of likely N-dealkylation sites (N-methyl/N-ethyl adjacent to an activating group) is 1. The topological polar surface area (TPSA) is 28.5 Å². The molecule has 0 spiro atoms. The lowest BCUT2D eigenvalue weighted by Gasteiger charge is -2.13. The van der Waals surface area contributed by atoms with Crippen LogP contribution in [0.1, 0.15) is 51.0 Å². The second kappa shape index (κ2) is 12.5. The maximum absolute atomic E-state index is 6.39. The Labute approximate surface area is 158 Å². The van der Waals surface area contributed by atoms with Gasteiger partial charge in [-0.2, -0.15) is 0 Å². The van der Waals surface area contributed by atoms with Gasteiger partial charge in [-0.25, -0.2) is 0 Å². The Bertz CT molecular complexity index is 492. The number of hydrogen-bond acceptors (Lipinski definition) is 2. The average Bonchev–Trinajstić information content (AvgIpc) is 2.53. The lowest BCUT2D eigenvalue weighted by molar-refractivity contribution is -0.856. The van der Waals surface area contributed by atoms with Gasteiger partial charge in [-0.05, 0) is 24.6 Å². The number of unbranched alkanes of at least 4 members (excludes halogenated alkanes) is 5. The number of nitrogens with one attached hydrogen (secondary N) is 3. The number of benzene rings is 1. The summed E-state index contributed by atoms with van der Waals surface area (Å²) in [5.74, 6) is 0. The highest BCUT2D eigenvalue weighted by atomic mass is 35.5. The molecule has 0 heterocycles. The van der Waals surface area contributed by atoms with Crippen LogP contribution in [0.25, 0.3) is 0 Å². The van der Waals surface area contributed by atoms with E-state index in [0.717, 1.165) is 35.9 Å². The molecule has 0 fully saturated rings. The molecule has 3 N–H and O–H groups in total. The smallest absolute Gasteiger partial charge is 0.108 e. The maximum Gasteiger partial charge on any atom is 0.108 e. The van der Waals surface area contributed by atoms with Gasteiger partial charge in [0.2, 0.25) is 0 Å². The van der Waals surface area contributed by atoms with Crippen molar-refractivity contribution in [1.82, 2.24) is 5.32 Å². The van der Waals surface area contributed by atoms with Crippen molar-refractivity contribution < 1.29 is 4.90 Å². The predicted molar refractivity (Wildman–Crippen MR) is 111 cm³/mol. The molecule has 136 valence electrons. The van der Waals surface area contributed by atoms with Crippen molar-refractivity contribution >= 4 is 34.5 Å². The van der Waals surface area contributed by atoms with Gasteiger partial charge in [-0.3, -0.25) is 0 Å². The molecule has 1 rings (SSSR count). The van der Waals surface area contributed by atoms with Crippen molar-refractivity contribution in [2.24, 2.45) is 0 Å². The number of hydrogen-bond donors (Lipinski definition) is 3. The van der Waals surface area contributed by atoms with E-state index < -0.39 is 0 Å². The Kier molecular flexibility index (Phi) is 11.1. The summed E-state index contributed by atoms with van der Waals surface area (Å²) in [5, 5.41) is 7.43. The minimum Gasteiger partial charge on any atom is -0.385 e. The molecule has 1 aromatic rings. The van der Waals surface area contributed by atoms with Crippen LogP contribution in [0.2, 0.25) is 5.02 Å². The monoisotopic (exact) mass is 370 g/mol. The van der Waals surface area contributed by atoms with E-state index in [4.69, 9.17) is 23.8 Å². The Morgan fingerprint density at radius 1 is 1.08 bits per heavy atom. The van der Waals surface area contributed by atoms with Crippen LogP contribution in [0.3, 0.4) is 0 Å². The van der Waals surface area contributed by atoms with Crippen molar-refractivity contribution in [3.63, 3.8) is 0 Å². The van der Waals surface area contributed by atoms with E-state index in [1.54, 1.807) is 0 Å². The van der Waals surface area contributed by atoms with E-state index in [1.165, 1.54) is 43.4 Å². The lowest BCUT2D eigenvalue weighted by atomic mass is 10.1. The third-order valence-electron chi connectivity index (χ3n) is 3.98. The van der Waals surface area contributed by atoms with Crippen LogP contribution < -0.4 is 15.5 Å². The van der Waals surface area contributed by atoms with Gasteiger partial charge < -0.3 is 15.5 Å². The second-order valence-corrected chi connectivity index (χ2v) is 7.42. The Hall–Kier alpha value is -0.840. The van der Waals surface area contributed by atoms with Crippen molar-refractivity contribution in [1.29, 1.82) is 0 Å². The summed E-state index contributed by atoms with van der Waals surface area (Å²) >= 11 is 11.8. The third kappa shape index (κ3) is 8.86. The summed E-state index contributed by atoms with van der Waals surface area (Å²) in [6.07, 6.45) is 7.85. The first kappa shape index (κ1) is 21.2. The number of thiocarbonyl (C=S) groups is 1. The van der Waals surface area contributed by atoms with Gasteiger partial charge in [0.25, 0.3) is 0 Å². The summed E-state index contributed by atoms with van der Waals surface area (Å²) in [6.45, 7) is 5.13. The molecule has 1 aromatic carbocycles. The molecule has 0 aromatic heterocycles. The van der Waals surface area contributed by atoms with E-state index in [-0.39, 0.29) is 0 Å². The summed E-state index contributed by atoms with van der Waals surface area (Å²) in [5.41, 5.74) is 1.98. The molecule has 0 unspecified atom stereocenters. The van der Waals surface area contributed by atoms with Crippen LogP contribution in [-0.2, 0) is 0 Å². The summed E-state index contributed by atoms with van der Waals surface area (Å²) < 4.78 is 0. The minimum atomic E-state index is 0.706. The average molecular weight is 371 g/mol. The maximum atomic E-state index is 6.39. The van der Waals surface area contributed by atoms with Gasteiger partial charge in [0, 0.05) is 17.8 Å². The fourth-order valence-corrected chi connectivity index (χ4v) is 3.08. The summed E-state index contributed by atoms with van der Waals surface area (Å²) in [6, 6.07) is 6.03. The molecule has 0 aliphatic heterocycles. The molecule has 0 aliphatic carbocycles. The van der Waals surface area contributed by atoms with E-state index >= 15 is 0 Å². The summed E-state index contributed by atoms with van der Waals surface area (Å²) in [4.78, 5) is 2.12. The molecule has 0 amide bonds. The highest BCUT2D eigenvalue weighted by molar-refractivity contribution is 7.80. The van der Waals surface area contributed by atoms with E-state index in [1.807, 2.05) is 12.1 Å². The zero-order valence-electron chi connectivity index (χ0n) is 15.4. The van der Waals surface area contributed by atoms with E-state index in [2.05, 4.69) is 37.7 Å². The molecule has 0 saturated carbocycles.